The zero-order valence-corrected chi connectivity index (χ0v) is 16.3. The fraction of sp³-hybridized carbons (Fsp3) is 0.524. The lowest BCUT2D eigenvalue weighted by Gasteiger charge is -2.27. The smallest absolute Gasteiger partial charge is 0.253 e. The molecule has 1 N–H and O–H groups in total. The van der Waals surface area contributed by atoms with Crippen LogP contribution in [0.3, 0.4) is 0 Å². The van der Waals surface area contributed by atoms with Gasteiger partial charge in [0, 0.05) is 5.56 Å². The van der Waals surface area contributed by atoms with Crippen molar-refractivity contribution in [1.29, 1.82) is 0 Å². The highest BCUT2D eigenvalue weighted by Gasteiger charge is 2.34. The quantitative estimate of drug-likeness (QED) is 0.754. The van der Waals surface area contributed by atoms with Crippen molar-refractivity contribution in [1.82, 2.24) is 30.1 Å². The van der Waals surface area contributed by atoms with Crippen molar-refractivity contribution in [2.24, 2.45) is 0 Å². The molecular weight excluding hydrogens is 352 g/mol. The van der Waals surface area contributed by atoms with Gasteiger partial charge < -0.3 is 4.98 Å². The summed E-state index contributed by atoms with van der Waals surface area (Å²) in [6.45, 7) is 3.96. The topological polar surface area (TPSA) is 79.7 Å². The van der Waals surface area contributed by atoms with Gasteiger partial charge in [0.15, 0.2) is 5.82 Å². The number of fused-ring (bicyclic) bond motifs is 1. The molecule has 1 atom stereocenters. The zero-order valence-electron chi connectivity index (χ0n) is 16.3. The molecule has 1 aromatic carbocycles. The molecule has 0 spiro atoms. The second-order valence-corrected chi connectivity index (χ2v) is 8.16. The van der Waals surface area contributed by atoms with E-state index in [1.165, 1.54) is 12.8 Å². The van der Waals surface area contributed by atoms with Crippen LogP contribution in [0.15, 0.2) is 29.1 Å². The van der Waals surface area contributed by atoms with Crippen molar-refractivity contribution in [3.8, 4) is 0 Å². The highest BCUT2D eigenvalue weighted by atomic mass is 16.1. The Hall–Kier alpha value is -2.54. The van der Waals surface area contributed by atoms with E-state index < -0.39 is 0 Å². The Morgan fingerprint density at radius 3 is 2.71 bits per heavy atom. The summed E-state index contributed by atoms with van der Waals surface area (Å²) in [5, 5.41) is 13.8. The third-order valence-corrected chi connectivity index (χ3v) is 6.35. The molecule has 7 nitrogen and oxygen atoms in total. The standard InChI is InChI=1S/C21H26N6O/c1-14-7-6-8-15-13-17(21(28)22-18(14)15)19(26-11-4-5-12-26)20-23-24-25-27(20)16-9-2-3-10-16/h6-8,13,16,19H,2-5,9-12H2,1H3,(H,22,28). The van der Waals surface area contributed by atoms with Gasteiger partial charge in [-0.2, -0.15) is 0 Å². The van der Waals surface area contributed by atoms with E-state index in [9.17, 15) is 4.79 Å². The molecule has 0 bridgehead atoms. The number of nitrogens with one attached hydrogen (secondary N) is 1. The summed E-state index contributed by atoms with van der Waals surface area (Å²) in [6.07, 6.45) is 6.94. The van der Waals surface area contributed by atoms with Crippen molar-refractivity contribution in [3.05, 3.63) is 51.6 Å². The molecule has 5 rings (SSSR count). The lowest BCUT2D eigenvalue weighted by atomic mass is 10.0. The first-order valence-corrected chi connectivity index (χ1v) is 10.4. The van der Waals surface area contributed by atoms with Crippen LogP contribution in [0.4, 0.5) is 0 Å². The molecule has 1 aliphatic carbocycles. The Labute approximate surface area is 163 Å². The second-order valence-electron chi connectivity index (χ2n) is 8.16. The van der Waals surface area contributed by atoms with E-state index in [0.29, 0.717) is 6.04 Å². The fourth-order valence-electron chi connectivity index (χ4n) is 4.89. The molecule has 2 aliphatic rings. The SMILES string of the molecule is Cc1cccc2cc(C(c3nnnn3C3CCCC3)N3CCCC3)c(=O)[nH]c12. The summed E-state index contributed by atoms with van der Waals surface area (Å²) < 4.78 is 2.00. The van der Waals surface area contributed by atoms with E-state index in [4.69, 9.17) is 0 Å². The lowest BCUT2D eigenvalue weighted by molar-refractivity contribution is 0.256. The number of para-hydroxylation sites is 1. The Morgan fingerprint density at radius 1 is 1.14 bits per heavy atom. The highest BCUT2D eigenvalue weighted by molar-refractivity contribution is 5.82. The minimum Gasteiger partial charge on any atom is -0.321 e. The van der Waals surface area contributed by atoms with Crippen molar-refractivity contribution < 1.29 is 0 Å². The number of H-pyrrole nitrogens is 1. The molecule has 3 heterocycles. The Bertz CT molecular complexity index is 1040. The van der Waals surface area contributed by atoms with Crippen LogP contribution in [-0.2, 0) is 0 Å². The first kappa shape index (κ1) is 17.6. The lowest BCUT2D eigenvalue weighted by Crippen LogP contribution is -2.34. The average molecular weight is 378 g/mol. The Kier molecular flexibility index (Phi) is 4.47. The van der Waals surface area contributed by atoms with E-state index in [2.05, 4.69) is 31.5 Å². The van der Waals surface area contributed by atoms with Gasteiger partial charge in [0.2, 0.25) is 0 Å². The van der Waals surface area contributed by atoms with Crippen LogP contribution in [0.5, 0.6) is 0 Å². The van der Waals surface area contributed by atoms with Gasteiger partial charge in [0.1, 0.15) is 6.04 Å². The van der Waals surface area contributed by atoms with Crippen molar-refractivity contribution >= 4 is 10.9 Å². The minimum absolute atomic E-state index is 0.0420. The van der Waals surface area contributed by atoms with Crippen LogP contribution >= 0.6 is 0 Å². The monoisotopic (exact) mass is 378 g/mol. The number of aryl methyl sites for hydroxylation is 1. The molecular formula is C21H26N6O. The number of hydrogen-bond acceptors (Lipinski definition) is 5. The molecule has 1 saturated heterocycles. The number of aromatic amines is 1. The molecule has 2 fully saturated rings. The number of likely N-dealkylation sites (tertiary alicyclic amines) is 1. The van der Waals surface area contributed by atoms with Gasteiger partial charge >= 0.3 is 0 Å². The van der Waals surface area contributed by atoms with E-state index in [1.807, 2.05) is 29.8 Å². The van der Waals surface area contributed by atoms with Crippen LogP contribution in [0.1, 0.15) is 67.6 Å². The Balaban J connectivity index is 1.67. The number of pyridine rings is 1. The largest absolute Gasteiger partial charge is 0.321 e. The predicted molar refractivity (Wildman–Crippen MR) is 107 cm³/mol. The number of benzene rings is 1. The zero-order chi connectivity index (χ0) is 19.1. The maximum atomic E-state index is 13.2. The first-order chi connectivity index (χ1) is 13.7. The molecule has 3 aromatic rings. The van der Waals surface area contributed by atoms with Gasteiger partial charge in [-0.15, -0.1) is 5.10 Å². The van der Waals surface area contributed by atoms with Crippen LogP contribution in [0, 0.1) is 6.92 Å². The maximum Gasteiger partial charge on any atom is 0.253 e. The predicted octanol–water partition coefficient (Wildman–Crippen LogP) is 3.12. The summed E-state index contributed by atoms with van der Waals surface area (Å²) in [4.78, 5) is 18.6. The maximum absolute atomic E-state index is 13.2. The number of hydrogen-bond donors (Lipinski definition) is 1. The summed E-state index contributed by atoms with van der Waals surface area (Å²) in [7, 11) is 0. The summed E-state index contributed by atoms with van der Waals surface area (Å²) in [5.74, 6) is 0.811. The van der Waals surface area contributed by atoms with Gasteiger partial charge in [-0.05, 0) is 73.1 Å². The van der Waals surface area contributed by atoms with Gasteiger partial charge in [0.05, 0.1) is 11.6 Å². The third kappa shape index (κ3) is 2.94. The Morgan fingerprint density at radius 2 is 1.93 bits per heavy atom. The van der Waals surface area contributed by atoms with E-state index in [1.54, 1.807) is 0 Å². The van der Waals surface area contributed by atoms with Gasteiger partial charge in [0.25, 0.3) is 5.56 Å². The molecule has 1 aliphatic heterocycles. The van der Waals surface area contributed by atoms with Crippen LogP contribution in [0.25, 0.3) is 10.9 Å². The number of rotatable bonds is 4. The van der Waals surface area contributed by atoms with Gasteiger partial charge in [-0.1, -0.05) is 31.0 Å². The van der Waals surface area contributed by atoms with Crippen LogP contribution < -0.4 is 5.56 Å². The molecule has 146 valence electrons. The van der Waals surface area contributed by atoms with Crippen molar-refractivity contribution in [2.75, 3.05) is 13.1 Å². The van der Waals surface area contributed by atoms with Gasteiger partial charge in [-0.25, -0.2) is 4.68 Å². The summed E-state index contributed by atoms with van der Waals surface area (Å²) in [6, 6.07) is 8.30. The van der Waals surface area contributed by atoms with Crippen LogP contribution in [0.2, 0.25) is 0 Å². The van der Waals surface area contributed by atoms with E-state index in [-0.39, 0.29) is 11.6 Å². The average Bonchev–Trinajstić information content (AvgIpc) is 3.46. The molecule has 2 aromatic heterocycles. The highest BCUT2D eigenvalue weighted by Crippen LogP contribution is 2.35. The first-order valence-electron chi connectivity index (χ1n) is 10.4. The number of aromatic nitrogens is 5. The third-order valence-electron chi connectivity index (χ3n) is 6.35. The minimum atomic E-state index is -0.202. The van der Waals surface area contributed by atoms with E-state index in [0.717, 1.165) is 66.6 Å². The van der Waals surface area contributed by atoms with Gasteiger partial charge in [-0.3, -0.25) is 9.69 Å². The normalized spacial score (nSPS) is 19.6. The summed E-state index contributed by atoms with van der Waals surface area (Å²) >= 11 is 0. The van der Waals surface area contributed by atoms with Crippen LogP contribution in [-0.4, -0.2) is 43.2 Å². The van der Waals surface area contributed by atoms with E-state index >= 15 is 0 Å². The van der Waals surface area contributed by atoms with Crippen molar-refractivity contribution in [3.63, 3.8) is 0 Å². The summed E-state index contributed by atoms with van der Waals surface area (Å²) in [5.41, 5.74) is 2.69. The fourth-order valence-corrected chi connectivity index (χ4v) is 4.89. The molecule has 1 saturated carbocycles. The molecule has 1 unspecified atom stereocenters. The molecule has 0 radical (unpaired) electrons. The van der Waals surface area contributed by atoms with Crippen molar-refractivity contribution in [2.45, 2.75) is 57.5 Å². The molecule has 7 heteroatoms. The number of tetrazole rings is 1. The molecule has 0 amide bonds. The second kappa shape index (κ2) is 7.13. The number of nitrogens with zero attached hydrogens (tertiary/aromatic N) is 5. The molecule has 28 heavy (non-hydrogen) atoms.